The summed E-state index contributed by atoms with van der Waals surface area (Å²) in [6.07, 6.45) is 1.59. The molecule has 104 valence electrons. The minimum Gasteiger partial charge on any atom is -0.421 e. The summed E-state index contributed by atoms with van der Waals surface area (Å²) in [5.41, 5.74) is 0.760. The van der Waals surface area contributed by atoms with Crippen LogP contribution in [0.5, 0.6) is 5.75 Å². The molecule has 0 saturated carbocycles. The monoisotopic (exact) mass is 301 g/mol. The highest BCUT2D eigenvalue weighted by molar-refractivity contribution is 6.35. The van der Waals surface area contributed by atoms with Gasteiger partial charge in [0, 0.05) is 11.6 Å². The van der Waals surface area contributed by atoms with Crippen molar-refractivity contribution < 1.29 is 13.9 Å². The maximum atomic E-state index is 12.9. The van der Waals surface area contributed by atoms with E-state index >= 15 is 0 Å². The van der Waals surface area contributed by atoms with Crippen LogP contribution in [0.2, 0.25) is 5.02 Å². The highest BCUT2D eigenvalue weighted by atomic mass is 35.5. The number of fused-ring (bicyclic) bond motifs is 1. The van der Waals surface area contributed by atoms with E-state index < -0.39 is 11.8 Å². The quantitative estimate of drug-likeness (QED) is 0.525. The first kappa shape index (κ1) is 13.5. The van der Waals surface area contributed by atoms with Crippen molar-refractivity contribution in [1.82, 2.24) is 4.98 Å². The van der Waals surface area contributed by atoms with Crippen LogP contribution in [0.4, 0.5) is 4.39 Å². The lowest BCUT2D eigenvalue weighted by Gasteiger charge is -2.08. The van der Waals surface area contributed by atoms with Gasteiger partial charge in [0.2, 0.25) is 0 Å². The molecule has 0 unspecified atom stereocenters. The second-order valence-corrected chi connectivity index (χ2v) is 4.75. The number of esters is 1. The number of nitrogens with zero attached hydrogens (tertiary/aromatic N) is 1. The first-order chi connectivity index (χ1) is 10.1. The van der Waals surface area contributed by atoms with Crippen LogP contribution in [-0.4, -0.2) is 11.0 Å². The van der Waals surface area contributed by atoms with E-state index in [0.29, 0.717) is 21.7 Å². The van der Waals surface area contributed by atoms with Gasteiger partial charge in [-0.15, -0.1) is 0 Å². The van der Waals surface area contributed by atoms with Crippen molar-refractivity contribution in [1.29, 1.82) is 0 Å². The first-order valence-corrected chi connectivity index (χ1v) is 6.54. The van der Waals surface area contributed by atoms with E-state index in [1.807, 2.05) is 0 Å². The molecule has 0 aliphatic rings. The fraction of sp³-hybridized carbons (Fsp3) is 0. The largest absolute Gasteiger partial charge is 0.421 e. The summed E-state index contributed by atoms with van der Waals surface area (Å²) in [5, 5.41) is 1.23. The third-order valence-corrected chi connectivity index (χ3v) is 3.29. The van der Waals surface area contributed by atoms with Gasteiger partial charge >= 0.3 is 5.97 Å². The minimum atomic E-state index is -0.579. The highest BCUT2D eigenvalue weighted by Crippen LogP contribution is 2.30. The van der Waals surface area contributed by atoms with Crippen LogP contribution in [0.25, 0.3) is 10.9 Å². The second-order valence-electron chi connectivity index (χ2n) is 4.34. The number of aromatic nitrogens is 1. The number of halogens is 2. The van der Waals surface area contributed by atoms with Crippen LogP contribution in [0.1, 0.15) is 10.4 Å². The number of pyridine rings is 1. The van der Waals surface area contributed by atoms with Crippen LogP contribution in [0.3, 0.4) is 0 Å². The molecular weight excluding hydrogens is 293 g/mol. The van der Waals surface area contributed by atoms with Gasteiger partial charge in [-0.3, -0.25) is 4.98 Å². The fourth-order valence-corrected chi connectivity index (χ4v) is 2.15. The van der Waals surface area contributed by atoms with E-state index in [0.717, 1.165) is 0 Å². The summed E-state index contributed by atoms with van der Waals surface area (Å²) in [6, 6.07) is 11.9. The molecule has 0 N–H and O–H groups in total. The van der Waals surface area contributed by atoms with Gasteiger partial charge in [-0.2, -0.15) is 0 Å². The SMILES string of the molecule is O=C(Oc1ccc(Cl)c2cccnc12)c1ccc(F)cc1. The Morgan fingerprint density at radius 2 is 1.86 bits per heavy atom. The van der Waals surface area contributed by atoms with Crippen molar-refractivity contribution in [3.8, 4) is 5.75 Å². The Hall–Kier alpha value is -2.46. The molecule has 3 nitrogen and oxygen atoms in total. The lowest BCUT2D eigenvalue weighted by molar-refractivity contribution is 0.0736. The maximum absolute atomic E-state index is 12.9. The number of hydrogen-bond acceptors (Lipinski definition) is 3. The molecule has 0 fully saturated rings. The third kappa shape index (κ3) is 2.71. The first-order valence-electron chi connectivity index (χ1n) is 6.16. The molecule has 0 radical (unpaired) electrons. The summed E-state index contributed by atoms with van der Waals surface area (Å²) in [7, 11) is 0. The minimum absolute atomic E-state index is 0.260. The molecule has 21 heavy (non-hydrogen) atoms. The second kappa shape index (κ2) is 5.50. The number of hydrogen-bond donors (Lipinski definition) is 0. The molecule has 1 heterocycles. The van der Waals surface area contributed by atoms with E-state index in [-0.39, 0.29) is 5.56 Å². The van der Waals surface area contributed by atoms with E-state index in [1.54, 1.807) is 30.5 Å². The lowest BCUT2D eigenvalue weighted by atomic mass is 10.2. The van der Waals surface area contributed by atoms with Gasteiger partial charge < -0.3 is 4.74 Å². The predicted octanol–water partition coefficient (Wildman–Crippen LogP) is 4.25. The smallest absolute Gasteiger partial charge is 0.343 e. The Labute approximate surface area is 124 Å². The molecule has 3 aromatic rings. The van der Waals surface area contributed by atoms with Crippen molar-refractivity contribution in [2.75, 3.05) is 0 Å². The Kier molecular flexibility index (Phi) is 3.54. The van der Waals surface area contributed by atoms with Crippen molar-refractivity contribution in [3.63, 3.8) is 0 Å². The predicted molar refractivity (Wildman–Crippen MR) is 78.1 cm³/mol. The zero-order valence-corrected chi connectivity index (χ0v) is 11.5. The fourth-order valence-electron chi connectivity index (χ4n) is 1.94. The van der Waals surface area contributed by atoms with Gasteiger partial charge in [0.25, 0.3) is 0 Å². The molecule has 5 heteroatoms. The van der Waals surface area contributed by atoms with E-state index in [1.165, 1.54) is 24.3 Å². The number of carbonyl (C=O) groups excluding carboxylic acids is 1. The van der Waals surface area contributed by atoms with Crippen molar-refractivity contribution in [2.45, 2.75) is 0 Å². The summed E-state index contributed by atoms with van der Waals surface area (Å²) in [4.78, 5) is 16.2. The molecule has 0 aliphatic carbocycles. The van der Waals surface area contributed by atoms with Gasteiger partial charge in [0.05, 0.1) is 10.6 Å². The van der Waals surface area contributed by atoms with Gasteiger partial charge in [0.15, 0.2) is 5.75 Å². The molecule has 1 aromatic heterocycles. The average molecular weight is 302 g/mol. The van der Waals surface area contributed by atoms with Crippen LogP contribution < -0.4 is 4.74 Å². The average Bonchev–Trinajstić information content (AvgIpc) is 2.51. The number of ether oxygens (including phenoxy) is 1. The van der Waals surface area contributed by atoms with E-state index in [9.17, 15) is 9.18 Å². The summed E-state index contributed by atoms with van der Waals surface area (Å²) < 4.78 is 18.2. The third-order valence-electron chi connectivity index (χ3n) is 2.96. The summed E-state index contributed by atoms with van der Waals surface area (Å²) in [5.74, 6) is -0.682. The van der Waals surface area contributed by atoms with Gasteiger partial charge in [0.1, 0.15) is 11.3 Å². The van der Waals surface area contributed by atoms with Crippen LogP contribution in [0, 0.1) is 5.82 Å². The zero-order valence-electron chi connectivity index (χ0n) is 10.7. The van der Waals surface area contributed by atoms with Crippen LogP contribution in [0.15, 0.2) is 54.7 Å². The summed E-state index contributed by atoms with van der Waals surface area (Å²) in [6.45, 7) is 0. The molecule has 0 spiro atoms. The Morgan fingerprint density at radius 3 is 2.62 bits per heavy atom. The van der Waals surface area contributed by atoms with Gasteiger partial charge in [-0.05, 0) is 48.5 Å². The molecule has 0 atom stereocenters. The summed E-state index contributed by atoms with van der Waals surface area (Å²) >= 11 is 6.08. The zero-order chi connectivity index (χ0) is 14.8. The number of carbonyl (C=O) groups is 1. The Balaban J connectivity index is 1.97. The molecule has 0 aliphatic heterocycles. The Morgan fingerprint density at radius 1 is 1.10 bits per heavy atom. The van der Waals surface area contributed by atoms with Crippen LogP contribution in [-0.2, 0) is 0 Å². The number of rotatable bonds is 2. The topological polar surface area (TPSA) is 39.2 Å². The maximum Gasteiger partial charge on any atom is 0.343 e. The van der Waals surface area contributed by atoms with Crippen molar-refractivity contribution >= 4 is 28.5 Å². The normalized spacial score (nSPS) is 10.6. The number of benzene rings is 2. The molecular formula is C16H9ClFNO2. The van der Waals surface area contributed by atoms with Gasteiger partial charge in [-0.25, -0.2) is 9.18 Å². The lowest BCUT2D eigenvalue weighted by Crippen LogP contribution is -2.09. The van der Waals surface area contributed by atoms with Crippen molar-refractivity contribution in [3.05, 3.63) is 71.1 Å². The molecule has 2 aromatic carbocycles. The Bertz CT molecular complexity index is 818. The molecule has 0 bridgehead atoms. The molecule has 3 rings (SSSR count). The van der Waals surface area contributed by atoms with Crippen molar-refractivity contribution in [2.24, 2.45) is 0 Å². The van der Waals surface area contributed by atoms with E-state index in [4.69, 9.17) is 16.3 Å². The molecule has 0 amide bonds. The van der Waals surface area contributed by atoms with E-state index in [2.05, 4.69) is 4.98 Å². The highest BCUT2D eigenvalue weighted by Gasteiger charge is 2.13. The van der Waals surface area contributed by atoms with Gasteiger partial charge in [-0.1, -0.05) is 11.6 Å². The van der Waals surface area contributed by atoms with Crippen LogP contribution >= 0.6 is 11.6 Å². The molecule has 0 saturated heterocycles. The standard InChI is InChI=1S/C16H9ClFNO2/c17-13-7-8-14(15-12(13)2-1-9-19-15)21-16(20)10-3-5-11(18)6-4-10/h1-9H.